The Kier molecular flexibility index (Phi) is 2.92. The Balaban J connectivity index is 2.80. The van der Waals surface area contributed by atoms with Crippen molar-refractivity contribution in [3.63, 3.8) is 0 Å². The molecular weight excluding hydrogens is 172 g/mol. The molecule has 1 aromatic rings. The molecule has 3 nitrogen and oxygen atoms in total. The van der Waals surface area contributed by atoms with Gasteiger partial charge in [0.2, 0.25) is 5.88 Å². The summed E-state index contributed by atoms with van der Waals surface area (Å²) in [4.78, 5) is 6.15. The minimum absolute atomic E-state index is 0.120. The summed E-state index contributed by atoms with van der Waals surface area (Å²) in [6.07, 6.45) is 0. The van der Waals surface area contributed by atoms with E-state index in [4.69, 9.17) is 5.11 Å². The van der Waals surface area contributed by atoms with Crippen LogP contribution in [0.1, 0.15) is 20.8 Å². The lowest BCUT2D eigenvalue weighted by Gasteiger charge is -2.23. The number of anilines is 1. The summed E-state index contributed by atoms with van der Waals surface area (Å²) in [6.45, 7) is 7.23. The third-order valence-corrected chi connectivity index (χ3v) is 2.55. The van der Waals surface area contributed by atoms with Crippen molar-refractivity contribution in [2.45, 2.75) is 26.8 Å². The van der Waals surface area contributed by atoms with Gasteiger partial charge in [-0.15, -0.1) is 11.3 Å². The van der Waals surface area contributed by atoms with Crippen molar-refractivity contribution in [1.29, 1.82) is 0 Å². The number of aromatic nitrogens is 1. The highest BCUT2D eigenvalue weighted by molar-refractivity contribution is 7.13. The second-order valence-corrected chi connectivity index (χ2v) is 3.70. The first-order valence-corrected chi connectivity index (χ1v) is 4.94. The fourth-order valence-electron chi connectivity index (χ4n) is 1.11. The highest BCUT2D eigenvalue weighted by Gasteiger charge is 2.11. The molecule has 1 N–H and O–H groups in total. The molecule has 0 unspecified atom stereocenters. The molecule has 0 saturated carbocycles. The molecule has 0 saturated heterocycles. The number of nitrogens with zero attached hydrogens (tertiary/aromatic N) is 2. The third-order valence-electron chi connectivity index (χ3n) is 1.69. The van der Waals surface area contributed by atoms with E-state index in [-0.39, 0.29) is 5.88 Å². The van der Waals surface area contributed by atoms with E-state index in [2.05, 4.69) is 30.7 Å². The molecule has 0 fully saturated rings. The van der Waals surface area contributed by atoms with E-state index in [9.17, 15) is 0 Å². The Labute approximate surface area is 76.7 Å². The molecule has 0 aromatic carbocycles. The Morgan fingerprint density at radius 2 is 2.33 bits per heavy atom. The van der Waals surface area contributed by atoms with Gasteiger partial charge in [0.25, 0.3) is 0 Å². The molecule has 0 atom stereocenters. The average molecular weight is 186 g/mol. The molecule has 68 valence electrons. The van der Waals surface area contributed by atoms with Crippen LogP contribution in [0.15, 0.2) is 5.38 Å². The minimum Gasteiger partial charge on any atom is -0.493 e. The molecule has 0 aliphatic heterocycles. The van der Waals surface area contributed by atoms with Gasteiger partial charge < -0.3 is 10.0 Å². The van der Waals surface area contributed by atoms with Crippen LogP contribution in [0.25, 0.3) is 0 Å². The van der Waals surface area contributed by atoms with Crippen molar-refractivity contribution in [2.75, 3.05) is 11.4 Å². The first-order valence-electron chi connectivity index (χ1n) is 4.06. The van der Waals surface area contributed by atoms with Crippen LogP contribution in [0.5, 0.6) is 5.88 Å². The van der Waals surface area contributed by atoms with Crippen molar-refractivity contribution in [2.24, 2.45) is 0 Å². The fourth-order valence-corrected chi connectivity index (χ4v) is 1.99. The first-order chi connectivity index (χ1) is 5.65. The Morgan fingerprint density at radius 3 is 2.67 bits per heavy atom. The van der Waals surface area contributed by atoms with Gasteiger partial charge in [-0.1, -0.05) is 0 Å². The molecule has 0 amide bonds. The minimum atomic E-state index is 0.120. The van der Waals surface area contributed by atoms with Crippen LogP contribution >= 0.6 is 11.3 Å². The van der Waals surface area contributed by atoms with Gasteiger partial charge in [0.15, 0.2) is 5.13 Å². The lowest BCUT2D eigenvalue weighted by molar-refractivity contribution is 0.457. The quantitative estimate of drug-likeness (QED) is 0.785. The predicted molar refractivity (Wildman–Crippen MR) is 51.9 cm³/mol. The maximum absolute atomic E-state index is 9.05. The van der Waals surface area contributed by atoms with E-state index in [1.807, 2.05) is 0 Å². The summed E-state index contributed by atoms with van der Waals surface area (Å²) < 4.78 is 0. The Bertz CT molecular complexity index is 247. The number of aromatic hydroxyl groups is 1. The number of thiazole rings is 1. The van der Waals surface area contributed by atoms with Gasteiger partial charge in [0, 0.05) is 12.6 Å². The molecule has 0 bridgehead atoms. The van der Waals surface area contributed by atoms with Crippen LogP contribution in [0.2, 0.25) is 0 Å². The second-order valence-electron chi connectivity index (χ2n) is 2.87. The van der Waals surface area contributed by atoms with E-state index in [0.717, 1.165) is 11.7 Å². The summed E-state index contributed by atoms with van der Waals surface area (Å²) in [6, 6.07) is 0.431. The highest BCUT2D eigenvalue weighted by Crippen LogP contribution is 2.24. The molecule has 0 radical (unpaired) electrons. The smallest absolute Gasteiger partial charge is 0.223 e. The first kappa shape index (κ1) is 9.32. The third kappa shape index (κ3) is 1.88. The molecule has 0 aliphatic carbocycles. The van der Waals surface area contributed by atoms with E-state index in [1.165, 1.54) is 11.3 Å². The zero-order chi connectivity index (χ0) is 9.14. The van der Waals surface area contributed by atoms with Crippen molar-refractivity contribution >= 4 is 16.5 Å². The van der Waals surface area contributed by atoms with Gasteiger partial charge in [0.1, 0.15) is 0 Å². The van der Waals surface area contributed by atoms with E-state index >= 15 is 0 Å². The summed E-state index contributed by atoms with van der Waals surface area (Å²) in [5.41, 5.74) is 0. The van der Waals surface area contributed by atoms with E-state index < -0.39 is 0 Å². The molecule has 0 aliphatic rings. The van der Waals surface area contributed by atoms with Crippen molar-refractivity contribution in [3.8, 4) is 5.88 Å². The van der Waals surface area contributed by atoms with Crippen LogP contribution in [0.4, 0.5) is 5.13 Å². The summed E-state index contributed by atoms with van der Waals surface area (Å²) in [5.74, 6) is 0.120. The van der Waals surface area contributed by atoms with Crippen molar-refractivity contribution < 1.29 is 5.11 Å². The number of hydrogen-bond acceptors (Lipinski definition) is 4. The lowest BCUT2D eigenvalue weighted by Crippen LogP contribution is -2.29. The zero-order valence-corrected chi connectivity index (χ0v) is 8.43. The predicted octanol–water partition coefficient (Wildman–Crippen LogP) is 2.08. The van der Waals surface area contributed by atoms with Crippen LogP contribution < -0.4 is 4.90 Å². The van der Waals surface area contributed by atoms with Crippen LogP contribution in [-0.2, 0) is 0 Å². The summed E-state index contributed by atoms with van der Waals surface area (Å²) in [7, 11) is 0. The molecule has 12 heavy (non-hydrogen) atoms. The average Bonchev–Trinajstić information content (AvgIpc) is 2.37. The number of rotatable bonds is 3. The topological polar surface area (TPSA) is 36.4 Å². The highest BCUT2D eigenvalue weighted by atomic mass is 32.1. The van der Waals surface area contributed by atoms with Crippen LogP contribution in [0, 0.1) is 0 Å². The van der Waals surface area contributed by atoms with Gasteiger partial charge in [-0.3, -0.25) is 0 Å². The van der Waals surface area contributed by atoms with Gasteiger partial charge >= 0.3 is 0 Å². The van der Waals surface area contributed by atoms with Gasteiger partial charge in [-0.05, 0) is 20.8 Å². The largest absolute Gasteiger partial charge is 0.493 e. The monoisotopic (exact) mass is 186 g/mol. The van der Waals surface area contributed by atoms with Gasteiger partial charge in [0.05, 0.1) is 5.38 Å². The molecular formula is C8H14N2OS. The van der Waals surface area contributed by atoms with E-state index in [1.54, 1.807) is 5.38 Å². The maximum atomic E-state index is 9.05. The fraction of sp³-hybridized carbons (Fsp3) is 0.625. The molecule has 1 heterocycles. The molecule has 0 spiro atoms. The standard InChI is InChI=1S/C8H14N2OS/c1-4-10(6(2)3)8-9-7(11)5-12-8/h5-6,11H,4H2,1-3H3. The van der Waals surface area contributed by atoms with E-state index in [0.29, 0.717) is 6.04 Å². The van der Waals surface area contributed by atoms with Crippen molar-refractivity contribution in [1.82, 2.24) is 4.98 Å². The Hall–Kier alpha value is -0.770. The van der Waals surface area contributed by atoms with Gasteiger partial charge in [-0.25, -0.2) is 0 Å². The zero-order valence-electron chi connectivity index (χ0n) is 7.61. The summed E-state index contributed by atoms with van der Waals surface area (Å²) in [5, 5.41) is 11.6. The normalized spacial score (nSPS) is 10.7. The number of hydrogen-bond donors (Lipinski definition) is 1. The van der Waals surface area contributed by atoms with Crippen LogP contribution in [-0.4, -0.2) is 22.7 Å². The van der Waals surface area contributed by atoms with Crippen molar-refractivity contribution in [3.05, 3.63) is 5.38 Å². The Morgan fingerprint density at radius 1 is 1.67 bits per heavy atom. The SMILES string of the molecule is CCN(c1nc(O)cs1)C(C)C. The molecule has 1 aromatic heterocycles. The summed E-state index contributed by atoms with van der Waals surface area (Å²) >= 11 is 1.48. The second kappa shape index (κ2) is 3.76. The maximum Gasteiger partial charge on any atom is 0.223 e. The lowest BCUT2D eigenvalue weighted by atomic mass is 10.3. The molecule has 4 heteroatoms. The van der Waals surface area contributed by atoms with Gasteiger partial charge in [-0.2, -0.15) is 4.98 Å². The van der Waals surface area contributed by atoms with Crippen LogP contribution in [0.3, 0.4) is 0 Å². The molecule has 1 rings (SSSR count).